The number of nitrogens with zero attached hydrogens (tertiary/aromatic N) is 3. The van der Waals surface area contributed by atoms with Crippen LogP contribution >= 0.6 is 0 Å². The van der Waals surface area contributed by atoms with Gasteiger partial charge in [-0.2, -0.15) is 0 Å². The highest BCUT2D eigenvalue weighted by Crippen LogP contribution is 2.46. The SMILES string of the molecule is O=C(c1ccc([N+](=O)[O-])cc1)N1CCN([C@H]2C[C@H]3CC[C@@H]2C3)CC1. The van der Waals surface area contributed by atoms with Crippen LogP contribution in [0.3, 0.4) is 0 Å². The summed E-state index contributed by atoms with van der Waals surface area (Å²) in [5, 5.41) is 10.7. The van der Waals surface area contributed by atoms with Gasteiger partial charge in [-0.05, 0) is 43.2 Å². The Bertz CT molecular complexity index is 637. The molecule has 3 aliphatic rings. The van der Waals surface area contributed by atoms with Crippen LogP contribution in [0.1, 0.15) is 36.0 Å². The lowest BCUT2D eigenvalue weighted by Gasteiger charge is -2.41. The highest BCUT2D eigenvalue weighted by molar-refractivity contribution is 5.94. The average molecular weight is 329 g/mol. The van der Waals surface area contributed by atoms with Gasteiger partial charge in [0.25, 0.3) is 11.6 Å². The van der Waals surface area contributed by atoms with Crippen LogP contribution in [0.15, 0.2) is 24.3 Å². The number of carbonyl (C=O) groups is 1. The van der Waals surface area contributed by atoms with Crippen molar-refractivity contribution in [3.8, 4) is 0 Å². The third kappa shape index (κ3) is 2.79. The summed E-state index contributed by atoms with van der Waals surface area (Å²) in [4.78, 5) is 27.3. The highest BCUT2D eigenvalue weighted by Gasteiger charge is 2.42. The summed E-state index contributed by atoms with van der Waals surface area (Å²) in [6, 6.07) is 6.66. The molecule has 0 radical (unpaired) electrons. The number of piperazine rings is 1. The molecule has 0 spiro atoms. The van der Waals surface area contributed by atoms with E-state index in [0.717, 1.165) is 44.1 Å². The molecule has 4 rings (SSSR count). The molecule has 1 aromatic rings. The standard InChI is InChI=1S/C18H23N3O3/c22-18(14-3-5-16(6-4-14)21(23)24)20-9-7-19(8-10-20)17-12-13-1-2-15(17)11-13/h3-6,13,15,17H,1-2,7-12H2/t13-,15+,17-/m0/s1. The van der Waals surface area contributed by atoms with Crippen LogP contribution in [-0.2, 0) is 0 Å². The molecule has 3 fully saturated rings. The number of rotatable bonds is 3. The smallest absolute Gasteiger partial charge is 0.269 e. The Kier molecular flexibility index (Phi) is 4.00. The number of nitro benzene ring substituents is 1. The van der Waals surface area contributed by atoms with Gasteiger partial charge in [-0.1, -0.05) is 6.42 Å². The maximum absolute atomic E-state index is 12.6. The van der Waals surface area contributed by atoms with E-state index in [1.165, 1.54) is 37.8 Å². The molecule has 2 saturated carbocycles. The van der Waals surface area contributed by atoms with Crippen molar-refractivity contribution in [3.63, 3.8) is 0 Å². The van der Waals surface area contributed by atoms with E-state index in [1.54, 1.807) is 12.1 Å². The van der Waals surface area contributed by atoms with E-state index >= 15 is 0 Å². The monoisotopic (exact) mass is 329 g/mol. The molecule has 1 aliphatic heterocycles. The van der Waals surface area contributed by atoms with Gasteiger partial charge in [0.15, 0.2) is 0 Å². The molecule has 2 bridgehead atoms. The third-order valence-electron chi connectivity index (χ3n) is 6.10. The Hall–Kier alpha value is -1.95. The summed E-state index contributed by atoms with van der Waals surface area (Å²) < 4.78 is 0. The highest BCUT2D eigenvalue weighted by atomic mass is 16.6. The zero-order valence-electron chi connectivity index (χ0n) is 13.8. The molecule has 128 valence electrons. The lowest BCUT2D eigenvalue weighted by atomic mass is 9.93. The Balaban J connectivity index is 1.35. The molecule has 1 aromatic carbocycles. The Labute approximate surface area is 141 Å². The second kappa shape index (κ2) is 6.16. The number of nitro groups is 1. The summed E-state index contributed by atoms with van der Waals surface area (Å²) >= 11 is 0. The van der Waals surface area contributed by atoms with E-state index in [0.29, 0.717) is 5.56 Å². The molecule has 0 N–H and O–H groups in total. The number of amides is 1. The Morgan fingerprint density at radius 1 is 1.04 bits per heavy atom. The zero-order chi connectivity index (χ0) is 16.7. The van der Waals surface area contributed by atoms with Crippen LogP contribution in [0.25, 0.3) is 0 Å². The predicted octanol–water partition coefficient (Wildman–Crippen LogP) is 2.54. The van der Waals surface area contributed by atoms with Crippen LogP contribution < -0.4 is 0 Å². The van der Waals surface area contributed by atoms with Crippen molar-refractivity contribution in [1.29, 1.82) is 0 Å². The molecule has 6 nitrogen and oxygen atoms in total. The van der Waals surface area contributed by atoms with E-state index in [2.05, 4.69) is 4.90 Å². The zero-order valence-corrected chi connectivity index (χ0v) is 13.8. The fraction of sp³-hybridized carbons (Fsp3) is 0.611. The molecule has 1 heterocycles. The fourth-order valence-electron chi connectivity index (χ4n) is 4.82. The van der Waals surface area contributed by atoms with Gasteiger partial charge in [0, 0.05) is 49.9 Å². The second-order valence-electron chi connectivity index (χ2n) is 7.37. The number of hydrogen-bond donors (Lipinski definition) is 0. The first-order valence-electron chi connectivity index (χ1n) is 8.89. The van der Waals surface area contributed by atoms with E-state index in [4.69, 9.17) is 0 Å². The van der Waals surface area contributed by atoms with Crippen LogP contribution in [0, 0.1) is 22.0 Å². The quantitative estimate of drug-likeness (QED) is 0.631. The number of benzene rings is 1. The summed E-state index contributed by atoms with van der Waals surface area (Å²) in [7, 11) is 0. The Morgan fingerprint density at radius 2 is 1.75 bits per heavy atom. The van der Waals surface area contributed by atoms with Crippen molar-refractivity contribution in [2.24, 2.45) is 11.8 Å². The van der Waals surface area contributed by atoms with Crippen molar-refractivity contribution in [1.82, 2.24) is 9.80 Å². The summed E-state index contributed by atoms with van der Waals surface area (Å²) in [5.74, 6) is 1.81. The molecule has 0 unspecified atom stereocenters. The Morgan fingerprint density at radius 3 is 2.29 bits per heavy atom. The topological polar surface area (TPSA) is 66.7 Å². The van der Waals surface area contributed by atoms with Gasteiger partial charge in [-0.25, -0.2) is 0 Å². The van der Waals surface area contributed by atoms with Gasteiger partial charge in [0.2, 0.25) is 0 Å². The minimum Gasteiger partial charge on any atom is -0.336 e. The largest absolute Gasteiger partial charge is 0.336 e. The van der Waals surface area contributed by atoms with E-state index in [1.807, 2.05) is 4.90 Å². The summed E-state index contributed by atoms with van der Waals surface area (Å²) in [6.07, 6.45) is 5.56. The first-order chi connectivity index (χ1) is 11.6. The van der Waals surface area contributed by atoms with Crippen LogP contribution in [0.5, 0.6) is 0 Å². The second-order valence-corrected chi connectivity index (χ2v) is 7.37. The predicted molar refractivity (Wildman–Crippen MR) is 89.8 cm³/mol. The number of fused-ring (bicyclic) bond motifs is 2. The fourth-order valence-corrected chi connectivity index (χ4v) is 4.82. The van der Waals surface area contributed by atoms with Crippen molar-refractivity contribution >= 4 is 11.6 Å². The maximum atomic E-state index is 12.6. The molecular weight excluding hydrogens is 306 g/mol. The normalized spacial score (nSPS) is 29.8. The first kappa shape index (κ1) is 15.6. The molecule has 0 aromatic heterocycles. The van der Waals surface area contributed by atoms with Crippen molar-refractivity contribution in [2.45, 2.75) is 31.7 Å². The minimum atomic E-state index is -0.442. The van der Waals surface area contributed by atoms with Crippen molar-refractivity contribution < 1.29 is 9.72 Å². The number of hydrogen-bond acceptors (Lipinski definition) is 4. The summed E-state index contributed by atoms with van der Waals surface area (Å²) in [6.45, 7) is 3.41. The van der Waals surface area contributed by atoms with Gasteiger partial charge in [0.05, 0.1) is 4.92 Å². The van der Waals surface area contributed by atoms with Gasteiger partial charge in [0.1, 0.15) is 0 Å². The van der Waals surface area contributed by atoms with E-state index in [9.17, 15) is 14.9 Å². The number of non-ortho nitro benzene ring substituents is 1. The van der Waals surface area contributed by atoms with Gasteiger partial charge in [-0.3, -0.25) is 19.8 Å². The van der Waals surface area contributed by atoms with Crippen LogP contribution in [0.2, 0.25) is 0 Å². The average Bonchev–Trinajstić information content (AvgIpc) is 3.25. The first-order valence-corrected chi connectivity index (χ1v) is 8.89. The van der Waals surface area contributed by atoms with Crippen molar-refractivity contribution in [2.75, 3.05) is 26.2 Å². The molecule has 1 saturated heterocycles. The minimum absolute atomic E-state index is 0.0162. The maximum Gasteiger partial charge on any atom is 0.269 e. The van der Waals surface area contributed by atoms with E-state index < -0.39 is 4.92 Å². The van der Waals surface area contributed by atoms with Gasteiger partial charge in [-0.15, -0.1) is 0 Å². The van der Waals surface area contributed by atoms with Gasteiger partial charge < -0.3 is 4.90 Å². The van der Waals surface area contributed by atoms with Crippen molar-refractivity contribution in [3.05, 3.63) is 39.9 Å². The molecule has 3 atom stereocenters. The third-order valence-corrected chi connectivity index (χ3v) is 6.10. The van der Waals surface area contributed by atoms with Crippen LogP contribution in [0.4, 0.5) is 5.69 Å². The number of carbonyl (C=O) groups excluding carboxylic acids is 1. The van der Waals surface area contributed by atoms with E-state index in [-0.39, 0.29) is 11.6 Å². The molecule has 24 heavy (non-hydrogen) atoms. The lowest BCUT2D eigenvalue weighted by molar-refractivity contribution is -0.384. The summed E-state index contributed by atoms with van der Waals surface area (Å²) in [5.41, 5.74) is 0.557. The van der Waals surface area contributed by atoms with Crippen LogP contribution in [-0.4, -0.2) is 52.9 Å². The lowest BCUT2D eigenvalue weighted by Crippen LogP contribution is -2.53. The molecule has 1 amide bonds. The molecular formula is C18H23N3O3. The molecule has 6 heteroatoms. The van der Waals surface area contributed by atoms with Gasteiger partial charge >= 0.3 is 0 Å². The molecule has 2 aliphatic carbocycles.